The highest BCUT2D eigenvalue weighted by Crippen LogP contribution is 2.25. The lowest BCUT2D eigenvalue weighted by Gasteiger charge is -2.06. The Kier molecular flexibility index (Phi) is 4.51. The number of nitrogens with one attached hydrogen (secondary N) is 2. The second-order valence-electron chi connectivity index (χ2n) is 5.16. The second kappa shape index (κ2) is 6.76. The summed E-state index contributed by atoms with van der Waals surface area (Å²) in [6, 6.07) is 8.01. The van der Waals surface area contributed by atoms with Crippen molar-refractivity contribution < 1.29 is 22.4 Å². The number of aromatic nitrogens is 2. The van der Waals surface area contributed by atoms with Gasteiger partial charge in [0.25, 0.3) is 5.91 Å². The topological polar surface area (TPSA) is 57.8 Å². The highest BCUT2D eigenvalue weighted by atomic mass is 19.3. The van der Waals surface area contributed by atoms with Crippen LogP contribution in [-0.2, 0) is 4.79 Å². The van der Waals surface area contributed by atoms with Crippen molar-refractivity contribution >= 4 is 34.6 Å². The van der Waals surface area contributed by atoms with Gasteiger partial charge in [-0.05, 0) is 29.8 Å². The molecule has 0 spiro atoms. The predicted molar refractivity (Wildman–Crippen MR) is 86.0 cm³/mol. The van der Waals surface area contributed by atoms with Gasteiger partial charge in [0.15, 0.2) is 0 Å². The molecule has 2 aromatic carbocycles. The molecule has 128 valence electrons. The first kappa shape index (κ1) is 16.7. The highest BCUT2D eigenvalue weighted by Gasteiger charge is 2.18. The number of fused-ring (bicyclic) bond motifs is 1. The number of hydrogen-bond donors (Lipinski definition) is 2. The van der Waals surface area contributed by atoms with Gasteiger partial charge in [-0.3, -0.25) is 9.89 Å². The molecule has 0 bridgehead atoms. The molecule has 8 heteroatoms. The average Bonchev–Trinajstić information content (AvgIpc) is 2.96. The minimum atomic E-state index is -3.25. The molecule has 25 heavy (non-hydrogen) atoms. The number of carbonyl (C=O) groups is 1. The Morgan fingerprint density at radius 1 is 1.12 bits per heavy atom. The monoisotopic (exact) mass is 349 g/mol. The quantitative estimate of drug-likeness (QED) is 0.693. The lowest BCUT2D eigenvalue weighted by Crippen LogP contribution is -2.20. The van der Waals surface area contributed by atoms with Crippen molar-refractivity contribution in [3.63, 3.8) is 0 Å². The van der Waals surface area contributed by atoms with E-state index in [2.05, 4.69) is 10.2 Å². The van der Waals surface area contributed by atoms with Crippen molar-refractivity contribution in [3.8, 4) is 0 Å². The first-order chi connectivity index (χ1) is 11.9. The molecule has 0 aliphatic carbocycles. The predicted octanol–water partition coefficient (Wildman–Crippen LogP) is 4.22. The Hall–Kier alpha value is -3.16. The minimum Gasteiger partial charge on any atom is -0.319 e. The Bertz CT molecular complexity index is 948. The van der Waals surface area contributed by atoms with E-state index < -0.39 is 18.1 Å². The molecule has 2 N–H and O–H groups in total. The van der Waals surface area contributed by atoms with Crippen molar-refractivity contribution in [2.24, 2.45) is 0 Å². The molecule has 0 radical (unpaired) electrons. The molecule has 0 unspecified atom stereocenters. The van der Waals surface area contributed by atoms with Crippen LogP contribution in [0.5, 0.6) is 0 Å². The Morgan fingerprint density at radius 2 is 1.84 bits per heavy atom. The largest absolute Gasteiger partial charge is 0.319 e. The highest BCUT2D eigenvalue weighted by molar-refractivity contribution is 5.97. The summed E-state index contributed by atoms with van der Waals surface area (Å²) in [6.07, 6.45) is 0.00990. The zero-order valence-electron chi connectivity index (χ0n) is 12.6. The van der Waals surface area contributed by atoms with E-state index in [-0.39, 0.29) is 11.5 Å². The van der Waals surface area contributed by atoms with Gasteiger partial charge in [0.2, 0.25) is 0 Å². The third-order valence-electron chi connectivity index (χ3n) is 3.44. The second-order valence-corrected chi connectivity index (χ2v) is 5.16. The van der Waals surface area contributed by atoms with E-state index in [4.69, 9.17) is 0 Å². The molecular formula is C17H11F4N3O. The number of aromatic amines is 1. The van der Waals surface area contributed by atoms with Gasteiger partial charge in [0.1, 0.15) is 11.6 Å². The van der Waals surface area contributed by atoms with E-state index in [1.165, 1.54) is 18.2 Å². The van der Waals surface area contributed by atoms with Crippen LogP contribution in [0.2, 0.25) is 0 Å². The van der Waals surface area contributed by atoms with Crippen molar-refractivity contribution in [1.29, 1.82) is 0 Å². The van der Waals surface area contributed by atoms with Gasteiger partial charge in [-0.25, -0.2) is 8.78 Å². The third kappa shape index (κ3) is 3.68. The van der Waals surface area contributed by atoms with E-state index in [1.54, 1.807) is 24.3 Å². The standard InChI is InChI=1S/C17H11F4N3O/c18-10-4-1-9(2-5-10)3-6-13-11-7-15(22-17(25)16(20)21)12(19)8-14(11)24-23-13/h1-8,16H,(H,22,25)(H,23,24). The molecule has 3 aromatic rings. The van der Waals surface area contributed by atoms with Crippen LogP contribution in [0, 0.1) is 11.6 Å². The molecule has 0 aliphatic rings. The number of carbonyl (C=O) groups excluding carboxylic acids is 1. The third-order valence-corrected chi connectivity index (χ3v) is 3.44. The number of benzene rings is 2. The molecule has 4 nitrogen and oxygen atoms in total. The van der Waals surface area contributed by atoms with Crippen molar-refractivity contribution in [3.05, 3.63) is 59.3 Å². The first-order valence-corrected chi connectivity index (χ1v) is 7.14. The van der Waals surface area contributed by atoms with E-state index in [9.17, 15) is 22.4 Å². The molecule has 1 aromatic heterocycles. The number of anilines is 1. The molecule has 3 rings (SSSR count). The fraction of sp³-hybridized carbons (Fsp3) is 0.0588. The van der Waals surface area contributed by atoms with Crippen LogP contribution >= 0.6 is 0 Å². The lowest BCUT2D eigenvalue weighted by molar-refractivity contribution is -0.126. The SMILES string of the molecule is O=C(Nc1cc2c(C=Cc3ccc(F)cc3)n[nH]c2cc1F)C(F)F. The summed E-state index contributed by atoms with van der Waals surface area (Å²) in [5, 5.41) is 8.89. The average molecular weight is 349 g/mol. The maximum Gasteiger partial charge on any atom is 0.315 e. The van der Waals surface area contributed by atoms with Crippen molar-refractivity contribution in [2.75, 3.05) is 5.32 Å². The van der Waals surface area contributed by atoms with Gasteiger partial charge < -0.3 is 5.32 Å². The number of hydrogen-bond acceptors (Lipinski definition) is 2. The van der Waals surface area contributed by atoms with E-state index >= 15 is 0 Å². The smallest absolute Gasteiger partial charge is 0.315 e. The van der Waals surface area contributed by atoms with Crippen LogP contribution in [0.15, 0.2) is 36.4 Å². The minimum absolute atomic E-state index is 0.339. The summed E-state index contributed by atoms with van der Waals surface area (Å²) in [5.74, 6) is -2.82. The fourth-order valence-electron chi connectivity index (χ4n) is 2.22. The van der Waals surface area contributed by atoms with E-state index in [0.29, 0.717) is 22.2 Å². The maximum absolute atomic E-state index is 13.9. The summed E-state index contributed by atoms with van der Waals surface area (Å²) in [7, 11) is 0. The summed E-state index contributed by atoms with van der Waals surface area (Å²) in [4.78, 5) is 11.1. The first-order valence-electron chi connectivity index (χ1n) is 7.14. The van der Waals surface area contributed by atoms with Gasteiger partial charge in [-0.15, -0.1) is 0 Å². The zero-order chi connectivity index (χ0) is 18.0. The van der Waals surface area contributed by atoms with E-state index in [0.717, 1.165) is 6.07 Å². The van der Waals surface area contributed by atoms with Crippen LogP contribution in [-0.4, -0.2) is 22.5 Å². The number of nitrogens with zero attached hydrogens (tertiary/aromatic N) is 1. The Morgan fingerprint density at radius 3 is 2.52 bits per heavy atom. The Balaban J connectivity index is 1.94. The normalized spacial score (nSPS) is 11.6. The van der Waals surface area contributed by atoms with Crippen LogP contribution in [0.4, 0.5) is 23.2 Å². The van der Waals surface area contributed by atoms with Crippen molar-refractivity contribution in [1.82, 2.24) is 10.2 Å². The maximum atomic E-state index is 13.9. The van der Waals surface area contributed by atoms with Gasteiger partial charge in [0.05, 0.1) is 16.9 Å². The molecule has 0 fully saturated rings. The van der Waals surface area contributed by atoms with Gasteiger partial charge >= 0.3 is 6.43 Å². The number of H-pyrrole nitrogens is 1. The molecule has 0 saturated heterocycles. The van der Waals surface area contributed by atoms with Gasteiger partial charge in [-0.1, -0.05) is 18.2 Å². The summed E-state index contributed by atoms with van der Waals surface area (Å²) < 4.78 is 51.4. The van der Waals surface area contributed by atoms with Crippen LogP contribution in [0.3, 0.4) is 0 Å². The van der Waals surface area contributed by atoms with Crippen LogP contribution < -0.4 is 5.32 Å². The molecule has 0 saturated carbocycles. The fourth-order valence-corrected chi connectivity index (χ4v) is 2.22. The summed E-state index contributed by atoms with van der Waals surface area (Å²) in [5.41, 5.74) is 1.10. The lowest BCUT2D eigenvalue weighted by atomic mass is 10.1. The number of amides is 1. The molecule has 0 atom stereocenters. The Labute approximate surface area is 139 Å². The van der Waals surface area contributed by atoms with E-state index in [1.807, 2.05) is 5.32 Å². The molecule has 1 amide bonds. The van der Waals surface area contributed by atoms with Gasteiger partial charge in [0, 0.05) is 11.5 Å². The number of rotatable bonds is 4. The van der Waals surface area contributed by atoms with Crippen molar-refractivity contribution in [2.45, 2.75) is 6.43 Å². The van der Waals surface area contributed by atoms with Gasteiger partial charge in [-0.2, -0.15) is 13.9 Å². The molecule has 1 heterocycles. The molecule has 0 aliphatic heterocycles. The number of alkyl halides is 2. The zero-order valence-corrected chi connectivity index (χ0v) is 12.6. The molecular weight excluding hydrogens is 338 g/mol. The summed E-state index contributed by atoms with van der Waals surface area (Å²) in [6.45, 7) is 0. The number of halogens is 4. The summed E-state index contributed by atoms with van der Waals surface area (Å²) >= 11 is 0. The van der Waals surface area contributed by atoms with Crippen LogP contribution in [0.25, 0.3) is 23.1 Å². The van der Waals surface area contributed by atoms with Crippen LogP contribution in [0.1, 0.15) is 11.3 Å².